The second-order valence-electron chi connectivity index (χ2n) is 6.15. The van der Waals surface area contributed by atoms with Crippen molar-refractivity contribution in [1.82, 2.24) is 10.6 Å². The lowest BCUT2D eigenvalue weighted by Crippen LogP contribution is -2.33. The molecule has 2 amide bonds. The van der Waals surface area contributed by atoms with Crippen LogP contribution in [-0.2, 0) is 14.4 Å². The Morgan fingerprint density at radius 2 is 1.69 bits per heavy atom. The molecule has 6 heteroatoms. The summed E-state index contributed by atoms with van der Waals surface area (Å²) in [5.74, 6) is -1.59. The molecular weight excluding hydrogens is 332 g/mol. The summed E-state index contributed by atoms with van der Waals surface area (Å²) in [5.41, 5.74) is 0.519. The van der Waals surface area contributed by atoms with Gasteiger partial charge in [0.05, 0.1) is 0 Å². The van der Waals surface area contributed by atoms with E-state index in [1.165, 1.54) is 0 Å². The van der Waals surface area contributed by atoms with Crippen molar-refractivity contribution >= 4 is 28.6 Å². The van der Waals surface area contributed by atoms with Gasteiger partial charge < -0.3 is 15.7 Å². The summed E-state index contributed by atoms with van der Waals surface area (Å²) in [6, 6.07) is 11.8. The molecule has 0 spiro atoms. The highest BCUT2D eigenvalue weighted by atomic mass is 16.4. The molecule has 26 heavy (non-hydrogen) atoms. The molecule has 0 radical (unpaired) electrons. The van der Waals surface area contributed by atoms with Crippen LogP contribution in [0.3, 0.4) is 0 Å². The number of amides is 2. The average molecular weight is 356 g/mol. The maximum absolute atomic E-state index is 12.1. The third-order valence-corrected chi connectivity index (χ3v) is 4.04. The molecule has 0 saturated heterocycles. The van der Waals surface area contributed by atoms with Crippen LogP contribution in [0.25, 0.3) is 10.8 Å². The second kappa shape index (κ2) is 9.56. The average Bonchev–Trinajstić information content (AvgIpc) is 2.63. The monoisotopic (exact) mass is 356 g/mol. The van der Waals surface area contributed by atoms with Crippen LogP contribution in [0, 0.1) is 0 Å². The van der Waals surface area contributed by atoms with Gasteiger partial charge in [-0.3, -0.25) is 9.59 Å². The maximum Gasteiger partial charge on any atom is 0.330 e. The molecule has 2 aromatic rings. The van der Waals surface area contributed by atoms with E-state index in [4.69, 9.17) is 0 Å². The number of hydrogen-bond donors (Lipinski definition) is 3. The van der Waals surface area contributed by atoms with E-state index < -0.39 is 12.0 Å². The predicted molar refractivity (Wildman–Crippen MR) is 99.6 cm³/mol. The Morgan fingerprint density at radius 1 is 1.00 bits per heavy atom. The van der Waals surface area contributed by atoms with E-state index >= 15 is 0 Å². The van der Waals surface area contributed by atoms with Crippen molar-refractivity contribution in [2.75, 3.05) is 6.54 Å². The summed E-state index contributed by atoms with van der Waals surface area (Å²) in [4.78, 5) is 35.2. The minimum absolute atomic E-state index is 0.0936. The summed E-state index contributed by atoms with van der Waals surface area (Å²) in [7, 11) is 0. The van der Waals surface area contributed by atoms with Gasteiger partial charge >= 0.3 is 5.97 Å². The highest BCUT2D eigenvalue weighted by Crippen LogP contribution is 2.21. The Hall–Kier alpha value is -2.89. The first-order valence-corrected chi connectivity index (χ1v) is 8.79. The smallest absolute Gasteiger partial charge is 0.330 e. The summed E-state index contributed by atoms with van der Waals surface area (Å²) in [6.45, 7) is 2.58. The molecule has 0 heterocycles. The fourth-order valence-electron chi connectivity index (χ4n) is 2.67. The Kier molecular flexibility index (Phi) is 7.14. The number of carboxylic acids is 1. The number of benzene rings is 2. The first-order chi connectivity index (χ1) is 12.5. The molecule has 0 fully saturated rings. The third-order valence-electron chi connectivity index (χ3n) is 4.04. The molecule has 0 aliphatic rings. The molecule has 0 aromatic heterocycles. The van der Waals surface area contributed by atoms with Crippen LogP contribution in [0.4, 0.5) is 0 Å². The van der Waals surface area contributed by atoms with Crippen LogP contribution in [0.1, 0.15) is 44.2 Å². The molecule has 2 aromatic carbocycles. The van der Waals surface area contributed by atoms with E-state index in [-0.39, 0.29) is 24.7 Å². The van der Waals surface area contributed by atoms with Crippen molar-refractivity contribution in [2.45, 2.75) is 38.6 Å². The number of rotatable bonds is 9. The van der Waals surface area contributed by atoms with Crippen molar-refractivity contribution < 1.29 is 19.5 Å². The Labute approximate surface area is 152 Å². The van der Waals surface area contributed by atoms with E-state index in [1.807, 2.05) is 37.3 Å². The van der Waals surface area contributed by atoms with Crippen molar-refractivity contribution in [2.24, 2.45) is 0 Å². The largest absolute Gasteiger partial charge is 0.479 e. The highest BCUT2D eigenvalue weighted by molar-refractivity contribution is 5.88. The maximum atomic E-state index is 12.1. The van der Waals surface area contributed by atoms with Gasteiger partial charge in [0.15, 0.2) is 6.04 Å². The van der Waals surface area contributed by atoms with Gasteiger partial charge in [0.2, 0.25) is 11.8 Å². The normalized spacial score (nSPS) is 11.7. The molecule has 3 N–H and O–H groups in total. The van der Waals surface area contributed by atoms with Gasteiger partial charge in [-0.05, 0) is 35.2 Å². The van der Waals surface area contributed by atoms with Gasteiger partial charge in [0, 0.05) is 19.4 Å². The number of hydrogen-bond acceptors (Lipinski definition) is 3. The number of carboxylic acid groups (broad SMARTS) is 1. The number of carbonyl (C=O) groups is 3. The van der Waals surface area contributed by atoms with Gasteiger partial charge in [0.25, 0.3) is 0 Å². The summed E-state index contributed by atoms with van der Waals surface area (Å²) in [5, 5.41) is 16.7. The third kappa shape index (κ3) is 5.58. The number of fused-ring (bicyclic) bond motifs is 1. The first kappa shape index (κ1) is 19.4. The molecule has 0 saturated carbocycles. The molecule has 0 aliphatic carbocycles. The number of aliphatic carboxylic acids is 1. The van der Waals surface area contributed by atoms with Crippen LogP contribution < -0.4 is 10.6 Å². The zero-order chi connectivity index (χ0) is 18.9. The van der Waals surface area contributed by atoms with Crippen molar-refractivity contribution in [1.29, 1.82) is 0 Å². The SMILES string of the molecule is CCCNC(=O)CCCC(=O)NC(C(=O)O)c1ccc2ccccc2c1. The lowest BCUT2D eigenvalue weighted by molar-refractivity contribution is -0.142. The molecule has 6 nitrogen and oxygen atoms in total. The highest BCUT2D eigenvalue weighted by Gasteiger charge is 2.22. The van der Waals surface area contributed by atoms with Crippen LogP contribution in [-0.4, -0.2) is 29.4 Å². The van der Waals surface area contributed by atoms with Crippen molar-refractivity contribution in [3.63, 3.8) is 0 Å². The summed E-state index contributed by atoms with van der Waals surface area (Å²) in [6.07, 6.45) is 1.60. The van der Waals surface area contributed by atoms with Gasteiger partial charge in [-0.15, -0.1) is 0 Å². The van der Waals surface area contributed by atoms with Gasteiger partial charge in [0.1, 0.15) is 0 Å². The molecule has 1 atom stereocenters. The fraction of sp³-hybridized carbons (Fsp3) is 0.350. The van der Waals surface area contributed by atoms with Gasteiger partial charge in [-0.25, -0.2) is 4.79 Å². The first-order valence-electron chi connectivity index (χ1n) is 8.79. The number of carbonyl (C=O) groups excluding carboxylic acids is 2. The van der Waals surface area contributed by atoms with E-state index in [0.29, 0.717) is 18.5 Å². The molecule has 1 unspecified atom stereocenters. The van der Waals surface area contributed by atoms with Crippen LogP contribution in [0.2, 0.25) is 0 Å². The lowest BCUT2D eigenvalue weighted by Gasteiger charge is -2.15. The minimum Gasteiger partial charge on any atom is -0.479 e. The van der Waals surface area contributed by atoms with Crippen LogP contribution in [0.5, 0.6) is 0 Å². The Morgan fingerprint density at radius 3 is 2.38 bits per heavy atom. The molecule has 2 rings (SSSR count). The quantitative estimate of drug-likeness (QED) is 0.644. The summed E-state index contributed by atoms with van der Waals surface area (Å²) < 4.78 is 0. The van der Waals surface area contributed by atoms with Crippen LogP contribution >= 0.6 is 0 Å². The van der Waals surface area contributed by atoms with Crippen molar-refractivity contribution in [3.05, 3.63) is 48.0 Å². The van der Waals surface area contributed by atoms with Crippen LogP contribution in [0.15, 0.2) is 42.5 Å². The standard InChI is InChI=1S/C20H24N2O4/c1-2-12-21-17(23)8-5-9-18(24)22-19(20(25)26)16-11-10-14-6-3-4-7-15(14)13-16/h3-4,6-7,10-11,13,19H,2,5,8-9,12H2,1H3,(H,21,23)(H,22,24)(H,25,26). The predicted octanol–water partition coefficient (Wildman–Crippen LogP) is 2.78. The molecule has 0 aliphatic heterocycles. The second-order valence-corrected chi connectivity index (χ2v) is 6.15. The minimum atomic E-state index is -1.12. The zero-order valence-corrected chi connectivity index (χ0v) is 14.8. The Balaban J connectivity index is 1.95. The summed E-state index contributed by atoms with van der Waals surface area (Å²) >= 11 is 0. The molecule has 138 valence electrons. The fourth-order valence-corrected chi connectivity index (χ4v) is 2.67. The van der Waals surface area contributed by atoms with E-state index in [2.05, 4.69) is 10.6 Å². The molecular formula is C20H24N2O4. The van der Waals surface area contributed by atoms with Gasteiger partial charge in [-0.2, -0.15) is 0 Å². The van der Waals surface area contributed by atoms with E-state index in [1.54, 1.807) is 12.1 Å². The van der Waals surface area contributed by atoms with Crippen molar-refractivity contribution in [3.8, 4) is 0 Å². The number of nitrogens with one attached hydrogen (secondary N) is 2. The van der Waals surface area contributed by atoms with E-state index in [9.17, 15) is 19.5 Å². The zero-order valence-electron chi connectivity index (χ0n) is 14.8. The van der Waals surface area contributed by atoms with Gasteiger partial charge in [-0.1, -0.05) is 43.3 Å². The molecule has 0 bridgehead atoms. The topological polar surface area (TPSA) is 95.5 Å². The lowest BCUT2D eigenvalue weighted by atomic mass is 10.0. The Bertz CT molecular complexity index is 788. The van der Waals surface area contributed by atoms with E-state index in [0.717, 1.165) is 17.2 Å².